The van der Waals surface area contributed by atoms with E-state index < -0.39 is 0 Å². The van der Waals surface area contributed by atoms with E-state index in [0.29, 0.717) is 18.8 Å². The molecular weight excluding hydrogens is 645 g/mol. The van der Waals surface area contributed by atoms with E-state index in [2.05, 4.69) is 52.0 Å². The van der Waals surface area contributed by atoms with Crippen LogP contribution in [0.5, 0.6) is 0 Å². The van der Waals surface area contributed by atoms with Crippen molar-refractivity contribution in [3.05, 3.63) is 35.9 Å². The van der Waals surface area contributed by atoms with E-state index >= 15 is 0 Å². The summed E-state index contributed by atoms with van der Waals surface area (Å²) in [4.78, 5) is 33.4. The molecule has 0 aliphatic carbocycles. The van der Waals surface area contributed by atoms with Crippen molar-refractivity contribution in [3.8, 4) is 0 Å². The molecule has 1 aromatic carbocycles. The molecule has 0 saturated heterocycles. The van der Waals surface area contributed by atoms with Crippen LogP contribution < -0.4 is 0 Å². The smallest absolute Gasteiger partial charge is 0.342 e. The first kappa shape index (κ1) is 50.1. The number of hydrogen-bond acceptors (Lipinski definition) is 5. The molecule has 0 saturated carbocycles. The Hall–Kier alpha value is -1.88. The quantitative estimate of drug-likeness (QED) is 0.0295. The lowest BCUT2D eigenvalue weighted by Gasteiger charge is -2.06. The van der Waals surface area contributed by atoms with E-state index in [4.69, 9.17) is 14.5 Å². The fourth-order valence-electron chi connectivity index (χ4n) is 6.53. The summed E-state index contributed by atoms with van der Waals surface area (Å²) >= 11 is 0. The minimum atomic E-state index is -0.334. The molecule has 1 aromatic rings. The van der Waals surface area contributed by atoms with Crippen molar-refractivity contribution in [2.75, 3.05) is 13.2 Å². The van der Waals surface area contributed by atoms with Crippen LogP contribution in [-0.4, -0.2) is 25.2 Å². The first-order valence-corrected chi connectivity index (χ1v) is 22.5. The molecule has 0 unspecified atom stereocenters. The van der Waals surface area contributed by atoms with Gasteiger partial charge in [0.25, 0.3) is 0 Å². The van der Waals surface area contributed by atoms with Gasteiger partial charge < -0.3 is 4.74 Å². The molecule has 0 N–H and O–H groups in total. The molecule has 0 fully saturated rings. The Labute approximate surface area is 323 Å². The Balaban J connectivity index is 0.00000249. The highest BCUT2D eigenvalue weighted by atomic mass is 17.2. The van der Waals surface area contributed by atoms with Gasteiger partial charge in [0.15, 0.2) is 0 Å². The summed E-state index contributed by atoms with van der Waals surface area (Å²) < 4.78 is 5.18. The molecule has 52 heavy (non-hydrogen) atoms. The summed E-state index contributed by atoms with van der Waals surface area (Å²) in [5, 5.41) is 0. The molecule has 1 rings (SSSR count). The predicted molar refractivity (Wildman–Crippen MR) is 223 cm³/mol. The highest BCUT2D eigenvalue weighted by Crippen LogP contribution is 2.16. The van der Waals surface area contributed by atoms with Crippen molar-refractivity contribution in [1.29, 1.82) is 0 Å². The van der Waals surface area contributed by atoms with Crippen molar-refractivity contribution in [2.45, 2.75) is 239 Å². The van der Waals surface area contributed by atoms with Crippen LogP contribution in [0.15, 0.2) is 30.3 Å². The lowest BCUT2D eigenvalue weighted by molar-refractivity contribution is -0.275. The van der Waals surface area contributed by atoms with E-state index in [1.807, 2.05) is 6.07 Å². The lowest BCUT2D eigenvalue weighted by atomic mass is 10.0. The van der Waals surface area contributed by atoms with Crippen LogP contribution in [0.2, 0.25) is 0 Å². The van der Waals surface area contributed by atoms with Gasteiger partial charge in [0.2, 0.25) is 0 Å². The van der Waals surface area contributed by atoms with Crippen LogP contribution >= 0.6 is 0 Å². The number of carbonyl (C=O) groups is 2. The van der Waals surface area contributed by atoms with Gasteiger partial charge in [-0.05, 0) is 24.3 Å². The van der Waals surface area contributed by atoms with Gasteiger partial charge in [-0.1, -0.05) is 238 Å². The van der Waals surface area contributed by atoms with Gasteiger partial charge in [0, 0.05) is 12.8 Å². The Morgan fingerprint density at radius 2 is 0.769 bits per heavy atom. The average molecular weight is 731 g/mol. The molecule has 0 bridgehead atoms. The minimum Gasteiger partial charge on any atom is -0.463 e. The monoisotopic (exact) mass is 731 g/mol. The second kappa shape index (κ2) is 41.9. The van der Waals surface area contributed by atoms with Gasteiger partial charge in [-0.3, -0.25) is 9.68 Å². The zero-order valence-electron chi connectivity index (χ0n) is 35.0. The Bertz CT molecular complexity index is 807. The third-order valence-corrected chi connectivity index (χ3v) is 10.0. The maximum absolute atomic E-state index is 11.9. The van der Waals surface area contributed by atoms with E-state index in [1.54, 1.807) is 0 Å². The van der Waals surface area contributed by atoms with Gasteiger partial charge >= 0.3 is 11.9 Å². The van der Waals surface area contributed by atoms with Gasteiger partial charge in [-0.2, -0.15) is 4.89 Å². The molecule has 0 heterocycles. The van der Waals surface area contributed by atoms with Gasteiger partial charge in [-0.25, -0.2) is 4.79 Å². The third-order valence-electron chi connectivity index (χ3n) is 10.0. The Morgan fingerprint density at radius 3 is 1.10 bits per heavy atom. The number of hydrogen-bond donors (Lipinski definition) is 0. The van der Waals surface area contributed by atoms with Crippen LogP contribution in [0, 0.1) is 0 Å². The molecule has 0 radical (unpaired) electrons. The summed E-state index contributed by atoms with van der Waals surface area (Å²) in [6.07, 6.45) is 40.0. The normalized spacial score (nSPS) is 11.0. The number of carbonyl (C=O) groups excluding carboxylic acids is 2. The first-order valence-electron chi connectivity index (χ1n) is 22.5. The molecule has 0 atom stereocenters. The summed E-state index contributed by atoms with van der Waals surface area (Å²) in [7, 11) is 0. The van der Waals surface area contributed by atoms with Crippen LogP contribution in [-0.2, 0) is 24.1 Å². The van der Waals surface area contributed by atoms with E-state index in [1.165, 1.54) is 173 Å². The highest BCUT2D eigenvalue weighted by Gasteiger charge is 2.06. The Morgan fingerprint density at radius 1 is 0.442 bits per heavy atom. The second-order valence-electron chi connectivity index (χ2n) is 15.5. The zero-order valence-corrected chi connectivity index (χ0v) is 35.0. The fourth-order valence-corrected chi connectivity index (χ4v) is 6.53. The maximum Gasteiger partial charge on any atom is 0.342 e. The van der Waals surface area contributed by atoms with Crippen LogP contribution in [0.3, 0.4) is 0 Å². The summed E-state index contributed by atoms with van der Waals surface area (Å²) in [6, 6.07) is 10.5. The molecule has 0 spiro atoms. The van der Waals surface area contributed by atoms with Crippen molar-refractivity contribution in [3.63, 3.8) is 0 Å². The molecule has 0 aromatic heterocycles. The molecule has 0 aliphatic rings. The van der Waals surface area contributed by atoms with Crippen LogP contribution in [0.1, 0.15) is 245 Å². The van der Waals surface area contributed by atoms with Gasteiger partial charge in [0.05, 0.1) is 0 Å². The SMILES string of the molecule is CC(C)c1ccccc1.CCCCCCCCCCCCCCCCCC(=O)OCCOOC(=O)CCCCCCCCCCCCCCCCC. The molecule has 0 aliphatic heterocycles. The molecule has 5 heteroatoms. The number of esters is 1. The van der Waals surface area contributed by atoms with E-state index in [-0.39, 0.29) is 25.2 Å². The molecule has 304 valence electrons. The minimum absolute atomic E-state index is 0.0925. The van der Waals surface area contributed by atoms with Crippen molar-refractivity contribution < 1.29 is 24.1 Å². The van der Waals surface area contributed by atoms with E-state index in [0.717, 1.165) is 25.7 Å². The maximum atomic E-state index is 11.9. The number of ether oxygens (including phenoxy) is 1. The standard InChI is InChI=1S/C38H74O5.C9H12/c1-3-5-7-9-11-13-15-17-19-21-23-25-27-29-31-33-37(39)41-35-36-42-43-38(40)34-32-30-28-26-24-22-20-18-16-14-12-10-8-6-4-2;1-8(2)9-6-4-3-5-7-9/h3-36H2,1-2H3;3-8H,1-2H3. The predicted octanol–water partition coefficient (Wildman–Crippen LogP) is 15.3. The number of benzene rings is 1. The van der Waals surface area contributed by atoms with Gasteiger partial charge in [-0.15, -0.1) is 0 Å². The highest BCUT2D eigenvalue weighted by molar-refractivity contribution is 5.69. The molecular formula is C47H86O5. The van der Waals surface area contributed by atoms with Crippen LogP contribution in [0.25, 0.3) is 0 Å². The fraction of sp³-hybridized carbons (Fsp3) is 0.830. The summed E-state index contributed by atoms with van der Waals surface area (Å²) in [5.41, 5.74) is 1.41. The summed E-state index contributed by atoms with van der Waals surface area (Å²) in [6.45, 7) is 9.18. The molecule has 0 amide bonds. The topological polar surface area (TPSA) is 61.8 Å². The summed E-state index contributed by atoms with van der Waals surface area (Å²) in [5.74, 6) is 0.132. The number of rotatable bonds is 37. The second-order valence-corrected chi connectivity index (χ2v) is 15.5. The largest absolute Gasteiger partial charge is 0.463 e. The lowest BCUT2D eigenvalue weighted by Crippen LogP contribution is -2.13. The van der Waals surface area contributed by atoms with Crippen molar-refractivity contribution in [2.24, 2.45) is 0 Å². The van der Waals surface area contributed by atoms with Crippen molar-refractivity contribution in [1.82, 2.24) is 0 Å². The van der Waals surface area contributed by atoms with E-state index in [9.17, 15) is 9.59 Å². The van der Waals surface area contributed by atoms with Crippen LogP contribution in [0.4, 0.5) is 0 Å². The van der Waals surface area contributed by atoms with Crippen molar-refractivity contribution >= 4 is 11.9 Å². The average Bonchev–Trinajstić information content (AvgIpc) is 3.15. The third kappa shape index (κ3) is 39.3. The Kier molecular flexibility index (Phi) is 40.4. The first-order chi connectivity index (χ1) is 25.5. The van der Waals surface area contributed by atoms with Gasteiger partial charge in [0.1, 0.15) is 13.2 Å². The zero-order chi connectivity index (χ0) is 38.0. The number of unbranched alkanes of at least 4 members (excludes halogenated alkanes) is 28. The molecule has 5 nitrogen and oxygen atoms in total.